The van der Waals surface area contributed by atoms with E-state index in [1.54, 1.807) is 6.92 Å². The van der Waals surface area contributed by atoms with E-state index in [-0.39, 0.29) is 24.1 Å². The molecule has 1 aromatic rings. The second-order valence-corrected chi connectivity index (χ2v) is 2.62. The van der Waals surface area contributed by atoms with E-state index in [1.165, 1.54) is 0 Å². The number of nitrogens with one attached hydrogen (secondary N) is 1. The van der Waals surface area contributed by atoms with Gasteiger partial charge in [0.15, 0.2) is 5.56 Å². The van der Waals surface area contributed by atoms with Gasteiger partial charge in [-0.05, 0) is 5.03 Å². The van der Waals surface area contributed by atoms with Gasteiger partial charge in [0.1, 0.15) is 0 Å². The molecule has 59 valence electrons. The standard InChI is InChI=1S/C7H8NOS.V/c1-4-3-6(10)8-7(9)5(4)2;/h1-2H3,(H2,8,9,10);/q-1;. The number of aryl methyl sites for hydroxylation is 1. The summed E-state index contributed by atoms with van der Waals surface area (Å²) in [6, 6.07) is 2.89. The Labute approximate surface area is 82.7 Å². The number of aromatic amines is 1. The smallest absolute Gasteiger partial charge is 0.169 e. The molecule has 1 heterocycles. The fourth-order valence-electron chi connectivity index (χ4n) is 0.674. The monoisotopic (exact) mass is 205 g/mol. The molecule has 0 atom stereocenters. The predicted molar refractivity (Wildman–Crippen MR) is 42.6 cm³/mol. The van der Waals surface area contributed by atoms with Crippen molar-refractivity contribution in [2.24, 2.45) is 0 Å². The first-order valence-corrected chi connectivity index (χ1v) is 3.37. The molecular formula is C7H8NOSV-. The molecule has 0 saturated carbocycles. The van der Waals surface area contributed by atoms with Crippen molar-refractivity contribution in [3.05, 3.63) is 27.5 Å². The van der Waals surface area contributed by atoms with Crippen molar-refractivity contribution < 1.29 is 18.6 Å². The van der Waals surface area contributed by atoms with E-state index in [9.17, 15) is 4.79 Å². The molecule has 2 nitrogen and oxygen atoms in total. The number of pyridine rings is 1. The molecule has 0 aromatic carbocycles. The molecule has 11 heavy (non-hydrogen) atoms. The van der Waals surface area contributed by atoms with E-state index in [2.05, 4.69) is 23.7 Å². The van der Waals surface area contributed by atoms with Crippen LogP contribution in [0, 0.1) is 19.9 Å². The Bertz CT molecular complexity index is 308. The summed E-state index contributed by atoms with van der Waals surface area (Å²) >= 11 is 3.96. The van der Waals surface area contributed by atoms with Crippen LogP contribution < -0.4 is 5.56 Å². The molecule has 0 aliphatic heterocycles. The van der Waals surface area contributed by atoms with Crippen molar-refractivity contribution in [2.75, 3.05) is 0 Å². The number of thiol groups is 1. The maximum Gasteiger partial charge on any atom is 0.169 e. The fraction of sp³-hybridized carbons (Fsp3) is 0.286. The molecule has 1 rings (SSSR count). The molecule has 0 fully saturated rings. The van der Waals surface area contributed by atoms with Crippen LogP contribution >= 0.6 is 12.6 Å². The number of H-pyrrole nitrogens is 1. The van der Waals surface area contributed by atoms with Gasteiger partial charge in [-0.3, -0.25) is 4.79 Å². The topological polar surface area (TPSA) is 32.9 Å². The van der Waals surface area contributed by atoms with E-state index in [0.29, 0.717) is 10.6 Å². The maximum atomic E-state index is 10.9. The zero-order chi connectivity index (χ0) is 7.72. The van der Waals surface area contributed by atoms with Crippen molar-refractivity contribution in [3.63, 3.8) is 0 Å². The minimum absolute atomic E-state index is 0. The molecule has 0 aliphatic rings. The van der Waals surface area contributed by atoms with E-state index < -0.39 is 0 Å². The predicted octanol–water partition coefficient (Wildman–Crippen LogP) is 1.08. The zero-order valence-corrected chi connectivity index (χ0v) is 8.59. The summed E-state index contributed by atoms with van der Waals surface area (Å²) < 4.78 is 0. The average Bonchev–Trinajstić information content (AvgIpc) is 1.82. The Balaban J connectivity index is 0.000001000. The molecule has 1 aromatic heterocycles. The maximum absolute atomic E-state index is 10.9. The van der Waals surface area contributed by atoms with Gasteiger partial charge in [0.25, 0.3) is 0 Å². The molecule has 1 N–H and O–H groups in total. The van der Waals surface area contributed by atoms with Crippen LogP contribution in [0.3, 0.4) is 0 Å². The van der Waals surface area contributed by atoms with Crippen LogP contribution in [0.1, 0.15) is 11.1 Å². The first-order valence-electron chi connectivity index (χ1n) is 2.93. The minimum Gasteiger partial charge on any atom is -0.349 e. The van der Waals surface area contributed by atoms with Crippen LogP contribution in [-0.2, 0) is 18.6 Å². The van der Waals surface area contributed by atoms with Gasteiger partial charge in [-0.2, -0.15) is 0 Å². The van der Waals surface area contributed by atoms with Gasteiger partial charge in [-0.1, -0.05) is 6.92 Å². The second-order valence-electron chi connectivity index (χ2n) is 2.18. The summed E-state index contributed by atoms with van der Waals surface area (Å²) in [5.74, 6) is 0. The van der Waals surface area contributed by atoms with E-state index in [1.807, 2.05) is 6.92 Å². The third-order valence-corrected chi connectivity index (χ3v) is 1.66. The Morgan fingerprint density at radius 1 is 1.45 bits per heavy atom. The molecule has 4 heteroatoms. The summed E-state index contributed by atoms with van der Waals surface area (Å²) in [6.45, 7) is 3.60. The van der Waals surface area contributed by atoms with Crippen molar-refractivity contribution in [1.29, 1.82) is 0 Å². The van der Waals surface area contributed by atoms with Crippen molar-refractivity contribution >= 4 is 12.6 Å². The van der Waals surface area contributed by atoms with Gasteiger partial charge < -0.3 is 4.98 Å². The fourth-order valence-corrected chi connectivity index (χ4v) is 0.943. The third-order valence-electron chi connectivity index (χ3n) is 1.44. The Morgan fingerprint density at radius 2 is 2.00 bits per heavy atom. The quantitative estimate of drug-likeness (QED) is 0.482. The van der Waals surface area contributed by atoms with Crippen LogP contribution in [0.5, 0.6) is 0 Å². The van der Waals surface area contributed by atoms with E-state index in [0.717, 1.165) is 5.56 Å². The molecule has 0 unspecified atom stereocenters. The van der Waals surface area contributed by atoms with Gasteiger partial charge in [0, 0.05) is 18.6 Å². The van der Waals surface area contributed by atoms with Crippen LogP contribution in [0.25, 0.3) is 0 Å². The Hall–Kier alpha value is -0.116. The van der Waals surface area contributed by atoms with Gasteiger partial charge in [0.05, 0.1) is 0 Å². The van der Waals surface area contributed by atoms with Gasteiger partial charge in [0.2, 0.25) is 0 Å². The first kappa shape index (κ1) is 10.9. The number of rotatable bonds is 0. The minimum atomic E-state index is -0.0822. The molecule has 0 saturated heterocycles. The molecule has 0 bridgehead atoms. The Morgan fingerprint density at radius 3 is 2.45 bits per heavy atom. The van der Waals surface area contributed by atoms with Crippen LogP contribution in [0.15, 0.2) is 9.82 Å². The van der Waals surface area contributed by atoms with Crippen molar-refractivity contribution in [2.45, 2.75) is 18.9 Å². The summed E-state index contributed by atoms with van der Waals surface area (Å²) in [4.78, 5) is 13.5. The summed E-state index contributed by atoms with van der Waals surface area (Å²) in [6.07, 6.45) is 0. The van der Waals surface area contributed by atoms with Crippen LogP contribution in [0.2, 0.25) is 0 Å². The van der Waals surface area contributed by atoms with Crippen molar-refractivity contribution in [1.82, 2.24) is 4.98 Å². The number of hydrogen-bond acceptors (Lipinski definition) is 2. The normalized spacial score (nSPS) is 9.00. The van der Waals surface area contributed by atoms with Crippen LogP contribution in [-0.4, -0.2) is 4.98 Å². The summed E-state index contributed by atoms with van der Waals surface area (Å²) in [7, 11) is 0. The van der Waals surface area contributed by atoms with E-state index >= 15 is 0 Å². The molecule has 0 spiro atoms. The molecular weight excluding hydrogens is 197 g/mol. The summed E-state index contributed by atoms with van der Waals surface area (Å²) in [5.41, 5.74) is 1.48. The molecule has 1 radical (unpaired) electrons. The van der Waals surface area contributed by atoms with Crippen molar-refractivity contribution in [3.8, 4) is 0 Å². The van der Waals surface area contributed by atoms with E-state index in [4.69, 9.17) is 0 Å². The second kappa shape index (κ2) is 4.05. The molecule has 0 amide bonds. The average molecular weight is 205 g/mol. The van der Waals surface area contributed by atoms with Gasteiger partial charge >= 0.3 is 0 Å². The Kier molecular flexibility index (Phi) is 4.00. The largest absolute Gasteiger partial charge is 0.349 e. The van der Waals surface area contributed by atoms with Gasteiger partial charge in [-0.25, -0.2) is 11.6 Å². The van der Waals surface area contributed by atoms with Crippen LogP contribution in [0.4, 0.5) is 0 Å². The molecule has 0 aliphatic carbocycles. The number of aromatic nitrogens is 1. The number of hydrogen-bond donors (Lipinski definition) is 2. The first-order chi connectivity index (χ1) is 4.61. The SMILES string of the molecule is Cc1[c-]c(S)[nH]c(=O)c1C.[V]. The third kappa shape index (κ3) is 2.44. The summed E-state index contributed by atoms with van der Waals surface area (Å²) in [5, 5.41) is 0.494. The zero-order valence-electron chi connectivity index (χ0n) is 6.30. The van der Waals surface area contributed by atoms with Gasteiger partial charge in [-0.15, -0.1) is 25.1 Å².